The molecular formula is C12H16BrClINO2S. The Morgan fingerprint density at radius 1 is 1.21 bits per heavy atom. The van der Waals surface area contributed by atoms with Crippen molar-refractivity contribution >= 4 is 60.1 Å². The lowest BCUT2D eigenvalue weighted by Gasteiger charge is -2.08. The number of hydrogen-bond donors (Lipinski definition) is 1. The van der Waals surface area contributed by atoms with Gasteiger partial charge in [0.1, 0.15) is 4.90 Å². The molecule has 108 valence electrons. The molecule has 0 unspecified atom stereocenters. The molecule has 0 aliphatic rings. The van der Waals surface area contributed by atoms with E-state index in [1.807, 2.05) is 0 Å². The Hall–Kier alpha value is 0.630. The van der Waals surface area contributed by atoms with Crippen molar-refractivity contribution < 1.29 is 8.42 Å². The molecule has 0 radical (unpaired) electrons. The molecule has 0 saturated heterocycles. The Morgan fingerprint density at radius 3 is 2.53 bits per heavy atom. The van der Waals surface area contributed by atoms with Crippen LogP contribution in [0.5, 0.6) is 0 Å². The van der Waals surface area contributed by atoms with Crippen LogP contribution in [0.2, 0.25) is 5.02 Å². The van der Waals surface area contributed by atoms with E-state index in [2.05, 4.69) is 43.2 Å². The van der Waals surface area contributed by atoms with Gasteiger partial charge in [-0.05, 0) is 35.5 Å². The van der Waals surface area contributed by atoms with Crippen LogP contribution in [0.1, 0.15) is 25.7 Å². The summed E-state index contributed by atoms with van der Waals surface area (Å²) in [6.07, 6.45) is 4.22. The molecule has 0 aliphatic carbocycles. The van der Waals surface area contributed by atoms with E-state index in [0.717, 1.165) is 28.2 Å². The number of sulfonamides is 1. The second-order valence-corrected chi connectivity index (χ2v) is 8.21. The molecule has 0 fully saturated rings. The first-order chi connectivity index (χ1) is 8.97. The van der Waals surface area contributed by atoms with Gasteiger partial charge in [-0.2, -0.15) is 0 Å². The first-order valence-electron chi connectivity index (χ1n) is 5.98. The minimum absolute atomic E-state index is 0.129. The van der Waals surface area contributed by atoms with Gasteiger partial charge in [0.15, 0.2) is 0 Å². The summed E-state index contributed by atoms with van der Waals surface area (Å²) in [6, 6.07) is 4.75. The Labute approximate surface area is 141 Å². The molecule has 0 spiro atoms. The van der Waals surface area contributed by atoms with Gasteiger partial charge < -0.3 is 0 Å². The van der Waals surface area contributed by atoms with Gasteiger partial charge in [-0.15, -0.1) is 0 Å². The Bertz CT molecular complexity index is 510. The maximum Gasteiger partial charge on any atom is 0.242 e. The molecule has 0 bridgehead atoms. The highest BCUT2D eigenvalue weighted by atomic mass is 127. The molecule has 1 N–H and O–H groups in total. The highest BCUT2D eigenvalue weighted by Gasteiger charge is 2.17. The van der Waals surface area contributed by atoms with Crippen molar-refractivity contribution in [1.82, 2.24) is 4.72 Å². The van der Waals surface area contributed by atoms with E-state index in [-0.39, 0.29) is 9.92 Å². The summed E-state index contributed by atoms with van der Waals surface area (Å²) in [6.45, 7) is 0.454. The molecule has 0 atom stereocenters. The average molecular weight is 481 g/mol. The van der Waals surface area contributed by atoms with Gasteiger partial charge in [-0.25, -0.2) is 13.1 Å². The van der Waals surface area contributed by atoms with Gasteiger partial charge in [-0.3, -0.25) is 0 Å². The number of unbranched alkanes of at least 4 members (excludes halogenated alkanes) is 3. The standard InChI is InChI=1S/C12H16BrClINO2S/c13-10-5-6-12(11(14)9-10)19(17,18)16-8-4-2-1-3-7-15/h5-6,9,16H,1-4,7-8H2. The van der Waals surface area contributed by atoms with Crippen molar-refractivity contribution in [2.45, 2.75) is 30.6 Å². The highest BCUT2D eigenvalue weighted by Crippen LogP contribution is 2.24. The number of rotatable bonds is 8. The average Bonchev–Trinajstić information content (AvgIpc) is 2.33. The fourth-order valence-corrected chi connectivity index (χ4v) is 4.20. The summed E-state index contributed by atoms with van der Waals surface area (Å²) < 4.78 is 28.6. The highest BCUT2D eigenvalue weighted by molar-refractivity contribution is 14.1. The van der Waals surface area contributed by atoms with Gasteiger partial charge in [0.05, 0.1) is 5.02 Å². The lowest BCUT2D eigenvalue weighted by atomic mass is 10.2. The van der Waals surface area contributed by atoms with Crippen LogP contribution in [-0.4, -0.2) is 19.4 Å². The zero-order valence-electron chi connectivity index (χ0n) is 10.3. The summed E-state index contributed by atoms with van der Waals surface area (Å²) in [7, 11) is -3.50. The lowest BCUT2D eigenvalue weighted by Crippen LogP contribution is -2.25. The number of halogens is 3. The normalized spacial score (nSPS) is 11.7. The smallest absolute Gasteiger partial charge is 0.211 e. The van der Waals surface area contributed by atoms with Crippen molar-refractivity contribution in [3.63, 3.8) is 0 Å². The Kier molecular flexibility index (Phi) is 8.20. The van der Waals surface area contributed by atoms with E-state index < -0.39 is 10.0 Å². The molecular weight excluding hydrogens is 464 g/mol. The van der Waals surface area contributed by atoms with E-state index >= 15 is 0 Å². The molecule has 19 heavy (non-hydrogen) atoms. The van der Waals surface area contributed by atoms with Crippen molar-refractivity contribution in [2.24, 2.45) is 0 Å². The summed E-state index contributed by atoms with van der Waals surface area (Å²) in [5, 5.41) is 0.229. The maximum atomic E-state index is 12.0. The fourth-order valence-electron chi connectivity index (χ4n) is 1.55. The topological polar surface area (TPSA) is 46.2 Å². The molecule has 1 aromatic carbocycles. The molecule has 0 saturated carbocycles. The van der Waals surface area contributed by atoms with Crippen LogP contribution in [-0.2, 0) is 10.0 Å². The van der Waals surface area contributed by atoms with Crippen LogP contribution < -0.4 is 4.72 Å². The first-order valence-corrected chi connectivity index (χ1v) is 10.2. The van der Waals surface area contributed by atoms with Crippen LogP contribution in [0, 0.1) is 0 Å². The molecule has 0 amide bonds. The number of alkyl halides is 1. The third-order valence-electron chi connectivity index (χ3n) is 2.54. The monoisotopic (exact) mass is 479 g/mol. The Balaban J connectivity index is 2.52. The largest absolute Gasteiger partial charge is 0.242 e. The summed E-state index contributed by atoms with van der Waals surface area (Å²) in [4.78, 5) is 0.129. The van der Waals surface area contributed by atoms with E-state index in [0.29, 0.717) is 6.54 Å². The van der Waals surface area contributed by atoms with Gasteiger partial charge >= 0.3 is 0 Å². The number of nitrogens with one attached hydrogen (secondary N) is 1. The second-order valence-electron chi connectivity index (χ2n) is 4.08. The fraction of sp³-hybridized carbons (Fsp3) is 0.500. The predicted octanol–water partition coefficient (Wildman–Crippen LogP) is 4.38. The van der Waals surface area contributed by atoms with Gasteiger partial charge in [0, 0.05) is 11.0 Å². The van der Waals surface area contributed by atoms with Crippen LogP contribution >= 0.6 is 50.1 Å². The van der Waals surface area contributed by atoms with E-state index in [4.69, 9.17) is 11.6 Å². The summed E-state index contributed by atoms with van der Waals surface area (Å²) in [5.41, 5.74) is 0. The van der Waals surface area contributed by atoms with Crippen molar-refractivity contribution in [2.75, 3.05) is 11.0 Å². The molecule has 0 heterocycles. The number of hydrogen-bond acceptors (Lipinski definition) is 2. The maximum absolute atomic E-state index is 12.0. The summed E-state index contributed by atoms with van der Waals surface area (Å²) in [5.74, 6) is 0. The molecule has 1 rings (SSSR count). The quantitative estimate of drug-likeness (QED) is 0.341. The molecule has 1 aromatic rings. The van der Waals surface area contributed by atoms with Crippen LogP contribution in [0.15, 0.2) is 27.6 Å². The summed E-state index contributed by atoms with van der Waals surface area (Å²) >= 11 is 11.5. The number of benzene rings is 1. The van der Waals surface area contributed by atoms with Crippen LogP contribution in [0.3, 0.4) is 0 Å². The third-order valence-corrected chi connectivity index (χ3v) is 5.74. The molecule has 0 aromatic heterocycles. The van der Waals surface area contributed by atoms with Crippen LogP contribution in [0.25, 0.3) is 0 Å². The van der Waals surface area contributed by atoms with Gasteiger partial charge in [0.25, 0.3) is 0 Å². The van der Waals surface area contributed by atoms with E-state index in [1.54, 1.807) is 12.1 Å². The minimum atomic E-state index is -3.50. The van der Waals surface area contributed by atoms with Crippen LogP contribution in [0.4, 0.5) is 0 Å². The lowest BCUT2D eigenvalue weighted by molar-refractivity contribution is 0.574. The second kappa shape index (κ2) is 8.81. The molecule has 3 nitrogen and oxygen atoms in total. The zero-order valence-corrected chi connectivity index (χ0v) is 15.6. The van der Waals surface area contributed by atoms with E-state index in [9.17, 15) is 8.42 Å². The van der Waals surface area contributed by atoms with E-state index in [1.165, 1.54) is 12.5 Å². The third kappa shape index (κ3) is 6.29. The predicted molar refractivity (Wildman–Crippen MR) is 91.7 cm³/mol. The van der Waals surface area contributed by atoms with Crippen molar-refractivity contribution in [3.8, 4) is 0 Å². The zero-order chi connectivity index (χ0) is 14.3. The molecule has 0 aliphatic heterocycles. The van der Waals surface area contributed by atoms with Gasteiger partial charge in [0.2, 0.25) is 10.0 Å². The Morgan fingerprint density at radius 2 is 1.89 bits per heavy atom. The minimum Gasteiger partial charge on any atom is -0.211 e. The van der Waals surface area contributed by atoms with Crippen molar-refractivity contribution in [1.29, 1.82) is 0 Å². The van der Waals surface area contributed by atoms with Crippen molar-refractivity contribution in [3.05, 3.63) is 27.7 Å². The first kappa shape index (κ1) is 17.7. The molecule has 7 heteroatoms. The SMILES string of the molecule is O=S(=O)(NCCCCCCI)c1ccc(Br)cc1Cl. The van der Waals surface area contributed by atoms with Gasteiger partial charge in [-0.1, -0.05) is 63.0 Å².